The molecule has 0 atom stereocenters. The summed E-state index contributed by atoms with van der Waals surface area (Å²) < 4.78 is 26.7. The maximum Gasteiger partial charge on any atom is 0.307 e. The molecular formula is C13H10F2N2O4. The third kappa shape index (κ3) is 3.16. The summed E-state index contributed by atoms with van der Waals surface area (Å²) in [5.41, 5.74) is -0.788. The second kappa shape index (κ2) is 5.61. The van der Waals surface area contributed by atoms with E-state index in [-0.39, 0.29) is 23.7 Å². The molecule has 0 fully saturated rings. The van der Waals surface area contributed by atoms with Gasteiger partial charge in [0.2, 0.25) is 5.82 Å². The number of halogens is 2. The smallest absolute Gasteiger partial charge is 0.307 e. The van der Waals surface area contributed by atoms with E-state index in [1.54, 1.807) is 0 Å². The van der Waals surface area contributed by atoms with Crippen molar-refractivity contribution in [3.8, 4) is 11.5 Å². The van der Waals surface area contributed by atoms with Gasteiger partial charge in [0.05, 0.1) is 10.6 Å². The number of hydrogen-bond acceptors (Lipinski definition) is 5. The predicted molar refractivity (Wildman–Crippen MR) is 70.1 cm³/mol. The third-order valence-corrected chi connectivity index (χ3v) is 2.77. The molecule has 0 bridgehead atoms. The lowest BCUT2D eigenvalue weighted by molar-refractivity contribution is -0.387. The third-order valence-electron chi connectivity index (χ3n) is 2.77. The van der Waals surface area contributed by atoms with Gasteiger partial charge in [0, 0.05) is 30.3 Å². The highest BCUT2D eigenvalue weighted by atomic mass is 19.1. The van der Waals surface area contributed by atoms with Gasteiger partial charge < -0.3 is 15.5 Å². The van der Waals surface area contributed by atoms with Gasteiger partial charge in [0.15, 0.2) is 0 Å². The Morgan fingerprint density at radius 1 is 1.14 bits per heavy atom. The molecule has 8 heteroatoms. The van der Waals surface area contributed by atoms with Crippen molar-refractivity contribution < 1.29 is 23.9 Å². The zero-order chi connectivity index (χ0) is 15.6. The molecule has 21 heavy (non-hydrogen) atoms. The fourth-order valence-electron chi connectivity index (χ4n) is 1.71. The molecule has 0 spiro atoms. The first-order valence-electron chi connectivity index (χ1n) is 5.76. The minimum absolute atomic E-state index is 0.0637. The number of hydrogen-bond donors (Lipinski definition) is 3. The van der Waals surface area contributed by atoms with Crippen LogP contribution in [0.15, 0.2) is 30.3 Å². The summed E-state index contributed by atoms with van der Waals surface area (Å²) in [6, 6.07) is 4.97. The summed E-state index contributed by atoms with van der Waals surface area (Å²) in [6.07, 6.45) is 0. The van der Waals surface area contributed by atoms with Crippen LogP contribution < -0.4 is 5.32 Å². The van der Waals surface area contributed by atoms with Crippen LogP contribution in [0.5, 0.6) is 11.5 Å². The van der Waals surface area contributed by atoms with Crippen LogP contribution in [0, 0.1) is 21.7 Å². The molecule has 3 N–H and O–H groups in total. The fraction of sp³-hybridized carbons (Fsp3) is 0.0769. The molecule has 2 aromatic rings. The highest BCUT2D eigenvalue weighted by molar-refractivity contribution is 5.54. The molecule has 0 aliphatic heterocycles. The van der Waals surface area contributed by atoms with Gasteiger partial charge in [-0.25, -0.2) is 4.39 Å². The zero-order valence-electron chi connectivity index (χ0n) is 10.5. The number of anilines is 1. The molecule has 0 heterocycles. The SMILES string of the molecule is O=[N+]([O-])c1cc(NCc2ccc(O)cc2O)c(F)cc1F. The van der Waals surface area contributed by atoms with E-state index in [0.717, 1.165) is 12.1 Å². The van der Waals surface area contributed by atoms with Crippen LogP contribution in [0.3, 0.4) is 0 Å². The molecular weight excluding hydrogens is 286 g/mol. The highest BCUT2D eigenvalue weighted by Gasteiger charge is 2.18. The number of nitro groups is 1. The van der Waals surface area contributed by atoms with Crippen LogP contribution in [0.2, 0.25) is 0 Å². The van der Waals surface area contributed by atoms with E-state index in [2.05, 4.69) is 5.32 Å². The minimum Gasteiger partial charge on any atom is -0.508 e. The van der Waals surface area contributed by atoms with Gasteiger partial charge in [0.1, 0.15) is 17.3 Å². The second-order valence-electron chi connectivity index (χ2n) is 4.21. The van der Waals surface area contributed by atoms with E-state index in [4.69, 9.17) is 5.11 Å². The quantitative estimate of drug-likeness (QED) is 0.595. The minimum atomic E-state index is -1.27. The molecule has 0 aliphatic carbocycles. The Hall–Kier alpha value is -2.90. The molecule has 6 nitrogen and oxygen atoms in total. The van der Waals surface area contributed by atoms with E-state index in [1.165, 1.54) is 12.1 Å². The molecule has 0 saturated carbocycles. The fourth-order valence-corrected chi connectivity index (χ4v) is 1.71. The topological polar surface area (TPSA) is 95.6 Å². The van der Waals surface area contributed by atoms with E-state index < -0.39 is 22.2 Å². The average molecular weight is 296 g/mol. The molecule has 0 aliphatic rings. The van der Waals surface area contributed by atoms with Crippen molar-refractivity contribution in [1.29, 1.82) is 0 Å². The first-order chi connectivity index (χ1) is 9.88. The summed E-state index contributed by atoms with van der Waals surface area (Å²) in [5.74, 6) is -2.62. The van der Waals surface area contributed by atoms with Crippen LogP contribution in [-0.4, -0.2) is 15.1 Å². The number of phenols is 2. The number of aromatic hydroxyl groups is 2. The first-order valence-corrected chi connectivity index (χ1v) is 5.76. The summed E-state index contributed by atoms with van der Waals surface area (Å²) in [7, 11) is 0. The van der Waals surface area contributed by atoms with Gasteiger partial charge >= 0.3 is 5.69 Å². The number of nitrogens with zero attached hydrogens (tertiary/aromatic N) is 1. The summed E-state index contributed by atoms with van der Waals surface area (Å²) in [6.45, 7) is -0.0637. The lowest BCUT2D eigenvalue weighted by Crippen LogP contribution is -2.04. The molecule has 2 rings (SSSR count). The monoisotopic (exact) mass is 296 g/mol. The maximum atomic E-state index is 13.5. The Bertz CT molecular complexity index is 707. The van der Waals surface area contributed by atoms with Gasteiger partial charge in [-0.2, -0.15) is 4.39 Å². The Balaban J connectivity index is 2.23. The van der Waals surface area contributed by atoms with Gasteiger partial charge in [-0.3, -0.25) is 10.1 Å². The Labute approximate surface area is 117 Å². The Kier molecular flexibility index (Phi) is 3.88. The number of nitrogens with one attached hydrogen (secondary N) is 1. The second-order valence-corrected chi connectivity index (χ2v) is 4.21. The van der Waals surface area contributed by atoms with Crippen LogP contribution >= 0.6 is 0 Å². The number of benzene rings is 2. The van der Waals surface area contributed by atoms with Gasteiger partial charge in [-0.15, -0.1) is 0 Å². The van der Waals surface area contributed by atoms with Crippen molar-refractivity contribution >= 4 is 11.4 Å². The summed E-state index contributed by atoms with van der Waals surface area (Å²) in [5, 5.41) is 31.8. The standard InChI is InChI=1S/C13H10F2N2O4/c14-9-4-10(15)12(17(20)21)5-11(9)16-6-7-1-2-8(18)3-13(7)19/h1-5,16,18-19H,6H2. The lowest BCUT2D eigenvalue weighted by Gasteiger charge is -2.09. The molecule has 2 aromatic carbocycles. The van der Waals surface area contributed by atoms with Crippen molar-refractivity contribution in [2.45, 2.75) is 6.54 Å². The van der Waals surface area contributed by atoms with Crippen molar-refractivity contribution in [3.05, 3.63) is 57.6 Å². The largest absolute Gasteiger partial charge is 0.508 e. The Morgan fingerprint density at radius 3 is 2.48 bits per heavy atom. The number of rotatable bonds is 4. The van der Waals surface area contributed by atoms with Crippen LogP contribution in [-0.2, 0) is 6.54 Å². The average Bonchev–Trinajstić information content (AvgIpc) is 2.39. The van der Waals surface area contributed by atoms with Gasteiger partial charge in [-0.05, 0) is 12.1 Å². The summed E-state index contributed by atoms with van der Waals surface area (Å²) in [4.78, 5) is 9.64. The van der Waals surface area contributed by atoms with Crippen LogP contribution in [0.4, 0.5) is 20.2 Å². The molecule has 0 unspecified atom stereocenters. The Morgan fingerprint density at radius 2 is 1.86 bits per heavy atom. The van der Waals surface area contributed by atoms with Gasteiger partial charge in [-0.1, -0.05) is 0 Å². The van der Waals surface area contributed by atoms with Crippen LogP contribution in [0.25, 0.3) is 0 Å². The van der Waals surface area contributed by atoms with E-state index in [1.807, 2.05) is 0 Å². The van der Waals surface area contributed by atoms with Crippen molar-refractivity contribution in [1.82, 2.24) is 0 Å². The zero-order valence-corrected chi connectivity index (χ0v) is 10.5. The van der Waals surface area contributed by atoms with Crippen molar-refractivity contribution in [2.75, 3.05) is 5.32 Å². The number of nitro benzene ring substituents is 1. The first kappa shape index (κ1) is 14.5. The van der Waals surface area contributed by atoms with E-state index in [0.29, 0.717) is 11.6 Å². The lowest BCUT2D eigenvalue weighted by atomic mass is 10.2. The van der Waals surface area contributed by atoms with Gasteiger partial charge in [0.25, 0.3) is 0 Å². The highest BCUT2D eigenvalue weighted by Crippen LogP contribution is 2.27. The predicted octanol–water partition coefficient (Wildman–Crippen LogP) is 2.90. The number of phenolic OH excluding ortho intramolecular Hbond substituents is 2. The van der Waals surface area contributed by atoms with Crippen LogP contribution in [0.1, 0.15) is 5.56 Å². The molecule has 0 saturated heterocycles. The van der Waals surface area contributed by atoms with E-state index >= 15 is 0 Å². The molecule has 0 amide bonds. The molecule has 0 aromatic heterocycles. The van der Waals surface area contributed by atoms with Crippen molar-refractivity contribution in [2.24, 2.45) is 0 Å². The molecule has 0 radical (unpaired) electrons. The summed E-state index contributed by atoms with van der Waals surface area (Å²) >= 11 is 0. The van der Waals surface area contributed by atoms with Crippen molar-refractivity contribution in [3.63, 3.8) is 0 Å². The normalized spacial score (nSPS) is 10.4. The maximum absolute atomic E-state index is 13.5. The molecule has 110 valence electrons. The van der Waals surface area contributed by atoms with E-state index in [9.17, 15) is 24.0 Å².